The Morgan fingerprint density at radius 2 is 1.28 bits per heavy atom. The van der Waals surface area contributed by atoms with Crippen LogP contribution in [-0.2, 0) is 25.5 Å². The topological polar surface area (TPSA) is 158 Å². The van der Waals surface area contributed by atoms with Gasteiger partial charge in [-0.15, -0.1) is 0 Å². The molecule has 2 aromatic carbocycles. The van der Waals surface area contributed by atoms with Gasteiger partial charge in [-0.3, -0.25) is 9.59 Å². The zero-order chi connectivity index (χ0) is 44.4. The van der Waals surface area contributed by atoms with E-state index in [1.165, 1.54) is 56.7 Å². The number of hydrogen-bond donors (Lipinski definition) is 0. The highest BCUT2D eigenvalue weighted by atomic mass is 19.1. The molecule has 0 unspecified atom stereocenters. The number of rotatable bonds is 7. The Balaban J connectivity index is 0.000000192. The fourth-order valence-corrected chi connectivity index (χ4v) is 6.79. The summed E-state index contributed by atoms with van der Waals surface area (Å²) in [4.78, 5) is 74.1. The number of Topliss-reactive ketones (excluding diaryl/α,β-unsaturated/α-hetero) is 2. The second kappa shape index (κ2) is 20.5. The molecule has 5 heterocycles. The van der Waals surface area contributed by atoms with Gasteiger partial charge in [0.05, 0.1) is 31.2 Å². The van der Waals surface area contributed by atoms with Crippen LogP contribution in [0.25, 0.3) is 28.6 Å². The number of halogens is 2. The van der Waals surface area contributed by atoms with E-state index >= 15 is 0 Å². The SMILES string of the molecule is CN1CCCC(=O)c2nccnc21.COC(=O)C(=Cc1ccc(F)cc1)C(=O)C(C)C.COC(=O)c1c(C(C)C)nc2c(c1-c1ccc(F)cc1)CCN(C)c1nccnc1-2. The molecule has 2 aliphatic heterocycles. The van der Waals surface area contributed by atoms with Gasteiger partial charge in [-0.2, -0.15) is 0 Å². The number of ether oxygens (including phenoxy) is 2. The van der Waals surface area contributed by atoms with Crippen LogP contribution in [0.3, 0.4) is 0 Å². The first-order chi connectivity index (χ1) is 29.2. The summed E-state index contributed by atoms with van der Waals surface area (Å²) in [7, 11) is 6.48. The number of aromatic nitrogens is 5. The number of carbonyl (C=O) groups excluding carboxylic acids is 4. The molecule has 0 saturated carbocycles. The molecule has 0 N–H and O–H groups in total. The Morgan fingerprint density at radius 1 is 0.721 bits per heavy atom. The minimum absolute atomic E-state index is 0.0286. The molecule has 0 bridgehead atoms. The lowest BCUT2D eigenvalue weighted by Crippen LogP contribution is -2.20. The first-order valence-electron chi connectivity index (χ1n) is 19.7. The van der Waals surface area contributed by atoms with Gasteiger partial charge in [0.15, 0.2) is 23.2 Å². The normalized spacial score (nSPS) is 13.3. The van der Waals surface area contributed by atoms with Gasteiger partial charge in [0.1, 0.15) is 28.6 Å². The number of fused-ring (bicyclic) bond motifs is 4. The second-order valence-corrected chi connectivity index (χ2v) is 14.9. The van der Waals surface area contributed by atoms with Crippen LogP contribution < -0.4 is 9.80 Å². The summed E-state index contributed by atoms with van der Waals surface area (Å²) in [5.41, 5.74) is 5.85. The number of nitrogens with zero attached hydrogens (tertiary/aromatic N) is 7. The third-order valence-electron chi connectivity index (χ3n) is 9.94. The van der Waals surface area contributed by atoms with E-state index in [9.17, 15) is 28.0 Å². The van der Waals surface area contributed by atoms with Crippen LogP contribution in [0.1, 0.15) is 84.1 Å². The van der Waals surface area contributed by atoms with Crippen molar-refractivity contribution in [1.29, 1.82) is 0 Å². The third kappa shape index (κ3) is 10.7. The van der Waals surface area contributed by atoms with Gasteiger partial charge in [-0.05, 0) is 65.8 Å². The molecule has 0 aliphatic carbocycles. The minimum atomic E-state index is -0.682. The molecular formula is C46H49F2N7O6. The molecule has 0 amide bonds. The molecule has 318 valence electrons. The lowest BCUT2D eigenvalue weighted by molar-refractivity contribution is -0.138. The van der Waals surface area contributed by atoms with Crippen LogP contribution in [0, 0.1) is 17.6 Å². The molecule has 13 nitrogen and oxygen atoms in total. The van der Waals surface area contributed by atoms with Gasteiger partial charge in [0.2, 0.25) is 0 Å². The Kier molecular flexibility index (Phi) is 15.2. The third-order valence-corrected chi connectivity index (χ3v) is 9.94. The molecule has 0 atom stereocenters. The second-order valence-electron chi connectivity index (χ2n) is 14.9. The van der Waals surface area contributed by atoms with Crippen molar-refractivity contribution in [2.75, 3.05) is 51.2 Å². The summed E-state index contributed by atoms with van der Waals surface area (Å²) in [5, 5.41) is 0. The Labute approximate surface area is 353 Å². The fourth-order valence-electron chi connectivity index (χ4n) is 6.79. The highest BCUT2D eigenvalue weighted by molar-refractivity contribution is 6.21. The first kappa shape index (κ1) is 45.3. The van der Waals surface area contributed by atoms with Crippen molar-refractivity contribution in [3.63, 3.8) is 0 Å². The van der Waals surface area contributed by atoms with Crippen molar-refractivity contribution in [1.82, 2.24) is 24.9 Å². The van der Waals surface area contributed by atoms with E-state index in [0.29, 0.717) is 59.1 Å². The van der Waals surface area contributed by atoms with E-state index in [4.69, 9.17) is 9.72 Å². The van der Waals surface area contributed by atoms with Crippen LogP contribution in [0.2, 0.25) is 0 Å². The van der Waals surface area contributed by atoms with Crippen molar-refractivity contribution >= 4 is 41.2 Å². The van der Waals surface area contributed by atoms with E-state index in [-0.39, 0.29) is 40.6 Å². The Bertz CT molecular complexity index is 2420. The number of benzene rings is 2. The monoisotopic (exact) mass is 833 g/mol. The van der Waals surface area contributed by atoms with E-state index in [2.05, 4.69) is 24.7 Å². The number of ketones is 2. The molecular weight excluding hydrogens is 785 g/mol. The predicted octanol–water partition coefficient (Wildman–Crippen LogP) is 7.74. The highest BCUT2D eigenvalue weighted by Crippen LogP contribution is 2.41. The number of anilines is 2. The highest BCUT2D eigenvalue weighted by Gasteiger charge is 2.31. The lowest BCUT2D eigenvalue weighted by Gasteiger charge is -2.21. The fraction of sp³-hybridized carbons (Fsp3) is 0.326. The molecule has 15 heteroatoms. The standard InChI is InChI=1S/C23H23FN4O2.C14H15FO3.C9H11N3O/c1-13(2)19-18(23(29)30-4)17(14-5-7-15(24)8-6-14)16-9-12-28(3)22-21(20(16)27-19)25-10-11-26-22;1-9(2)13(16)12(14(17)18-3)8-10-4-6-11(15)7-5-10;1-12-6-2-3-7(13)8-9(12)11-5-4-10-8/h5-8,10-11,13H,9,12H2,1-4H3;4-9H,1-3H3;4-5H,2-3,6H2,1H3. The van der Waals surface area contributed by atoms with Gasteiger partial charge in [0, 0.05) is 69.9 Å². The molecule has 5 aromatic rings. The van der Waals surface area contributed by atoms with Crippen molar-refractivity contribution in [3.8, 4) is 22.5 Å². The summed E-state index contributed by atoms with van der Waals surface area (Å²) in [6.45, 7) is 8.91. The lowest BCUT2D eigenvalue weighted by atomic mass is 9.87. The van der Waals surface area contributed by atoms with Gasteiger partial charge >= 0.3 is 11.9 Å². The number of esters is 2. The van der Waals surface area contributed by atoms with Crippen molar-refractivity contribution in [2.45, 2.75) is 52.9 Å². The summed E-state index contributed by atoms with van der Waals surface area (Å²) in [6.07, 6.45) is 9.99. The summed E-state index contributed by atoms with van der Waals surface area (Å²) in [6, 6.07) is 11.7. The average molecular weight is 834 g/mol. The predicted molar refractivity (Wildman–Crippen MR) is 228 cm³/mol. The maximum Gasteiger partial charge on any atom is 0.341 e. The van der Waals surface area contributed by atoms with Gasteiger partial charge in [-0.1, -0.05) is 52.0 Å². The summed E-state index contributed by atoms with van der Waals surface area (Å²) >= 11 is 0. The largest absolute Gasteiger partial charge is 0.465 e. The number of carbonyl (C=O) groups is 4. The van der Waals surface area contributed by atoms with E-state index in [1.807, 2.05) is 37.7 Å². The first-order valence-corrected chi connectivity index (χ1v) is 19.7. The van der Waals surface area contributed by atoms with Crippen LogP contribution in [-0.4, -0.2) is 89.8 Å². The van der Waals surface area contributed by atoms with Crippen LogP contribution in [0.5, 0.6) is 0 Å². The summed E-state index contributed by atoms with van der Waals surface area (Å²) < 4.78 is 36.1. The van der Waals surface area contributed by atoms with Crippen molar-refractivity contribution in [3.05, 3.63) is 119 Å². The summed E-state index contributed by atoms with van der Waals surface area (Å²) in [5.74, 6) is -0.928. The average Bonchev–Trinajstić information content (AvgIpc) is 3.50. The maximum absolute atomic E-state index is 13.7. The number of pyridine rings is 1. The van der Waals surface area contributed by atoms with E-state index < -0.39 is 11.9 Å². The zero-order valence-corrected chi connectivity index (χ0v) is 35.5. The molecule has 61 heavy (non-hydrogen) atoms. The number of likely N-dealkylation sites (N-methyl/N-ethyl adjacent to an activating group) is 1. The Morgan fingerprint density at radius 3 is 1.85 bits per heavy atom. The van der Waals surface area contributed by atoms with Crippen molar-refractivity contribution < 1.29 is 37.4 Å². The number of methoxy groups -OCH3 is 2. The van der Waals surface area contributed by atoms with E-state index in [0.717, 1.165) is 35.5 Å². The van der Waals surface area contributed by atoms with Gasteiger partial charge < -0.3 is 19.3 Å². The van der Waals surface area contributed by atoms with Gasteiger partial charge in [0.25, 0.3) is 0 Å². The molecule has 0 radical (unpaired) electrons. The Hall–Kier alpha value is -6.77. The molecule has 7 rings (SSSR count). The zero-order valence-electron chi connectivity index (χ0n) is 35.5. The van der Waals surface area contributed by atoms with Crippen LogP contribution in [0.15, 0.2) is 78.9 Å². The molecule has 2 aliphatic rings. The molecule has 0 saturated heterocycles. The quantitative estimate of drug-likeness (QED) is 0.0679. The molecule has 0 spiro atoms. The van der Waals surface area contributed by atoms with Crippen molar-refractivity contribution in [2.24, 2.45) is 5.92 Å². The molecule has 0 fully saturated rings. The minimum Gasteiger partial charge on any atom is -0.465 e. The molecule has 3 aromatic heterocycles. The maximum atomic E-state index is 13.7. The van der Waals surface area contributed by atoms with E-state index in [1.54, 1.807) is 50.8 Å². The smallest absolute Gasteiger partial charge is 0.341 e. The van der Waals surface area contributed by atoms with Gasteiger partial charge in [-0.25, -0.2) is 43.3 Å². The van der Waals surface area contributed by atoms with Crippen LogP contribution in [0.4, 0.5) is 20.4 Å². The number of hydrogen-bond acceptors (Lipinski definition) is 13. The van der Waals surface area contributed by atoms with Crippen LogP contribution >= 0.6 is 0 Å².